The largest absolute Gasteiger partial charge is 0.391 e. The Balaban J connectivity index is 2.28. The second kappa shape index (κ2) is 4.44. The lowest BCUT2D eigenvalue weighted by Gasteiger charge is -2.31. The van der Waals surface area contributed by atoms with E-state index in [9.17, 15) is 15.2 Å². The van der Waals surface area contributed by atoms with Gasteiger partial charge in [0.1, 0.15) is 11.9 Å². The van der Waals surface area contributed by atoms with E-state index in [1.54, 1.807) is 6.07 Å². The van der Waals surface area contributed by atoms with Crippen molar-refractivity contribution in [2.75, 3.05) is 18.0 Å². The lowest BCUT2D eigenvalue weighted by molar-refractivity contribution is -0.384. The van der Waals surface area contributed by atoms with Crippen LogP contribution >= 0.6 is 0 Å². The van der Waals surface area contributed by atoms with E-state index in [4.69, 9.17) is 0 Å². The van der Waals surface area contributed by atoms with Crippen LogP contribution in [0.3, 0.4) is 0 Å². The molecule has 1 aliphatic heterocycles. The van der Waals surface area contributed by atoms with E-state index in [1.807, 2.05) is 4.90 Å². The lowest BCUT2D eigenvalue weighted by Crippen LogP contribution is -2.38. The number of aromatic nitrogens is 1. The lowest BCUT2D eigenvalue weighted by atomic mass is 10.1. The first kappa shape index (κ1) is 10.8. The molecule has 2 rings (SSSR count). The Morgan fingerprint density at radius 3 is 3.12 bits per heavy atom. The minimum absolute atomic E-state index is 0.00315. The first-order chi connectivity index (χ1) is 7.68. The van der Waals surface area contributed by atoms with Crippen LogP contribution in [0.2, 0.25) is 0 Å². The zero-order valence-corrected chi connectivity index (χ0v) is 8.74. The number of hydrogen-bond donors (Lipinski definition) is 1. The fourth-order valence-corrected chi connectivity index (χ4v) is 1.96. The van der Waals surface area contributed by atoms with Crippen molar-refractivity contribution in [3.05, 3.63) is 28.6 Å². The Bertz CT molecular complexity index is 397. The van der Waals surface area contributed by atoms with Gasteiger partial charge < -0.3 is 10.0 Å². The number of aliphatic hydroxyl groups is 1. The number of pyridine rings is 1. The van der Waals surface area contributed by atoms with Gasteiger partial charge in [-0.05, 0) is 18.9 Å². The van der Waals surface area contributed by atoms with Gasteiger partial charge in [-0.3, -0.25) is 15.1 Å². The molecule has 1 fully saturated rings. The van der Waals surface area contributed by atoms with Crippen LogP contribution in [-0.4, -0.2) is 34.2 Å². The zero-order chi connectivity index (χ0) is 11.5. The fraction of sp³-hybridized carbons (Fsp3) is 0.500. The van der Waals surface area contributed by atoms with Crippen LogP contribution < -0.4 is 4.90 Å². The minimum atomic E-state index is -0.441. The van der Waals surface area contributed by atoms with Gasteiger partial charge in [-0.2, -0.15) is 0 Å². The number of nitro groups is 1. The molecule has 0 spiro atoms. The van der Waals surface area contributed by atoms with Crippen LogP contribution in [-0.2, 0) is 0 Å². The number of hydrogen-bond acceptors (Lipinski definition) is 5. The number of anilines is 1. The fourth-order valence-electron chi connectivity index (χ4n) is 1.96. The number of β-amino-alcohol motifs (C(OH)–C–C–N with tert-alkyl or cyclic N) is 1. The van der Waals surface area contributed by atoms with Crippen molar-refractivity contribution in [2.24, 2.45) is 0 Å². The maximum atomic E-state index is 10.8. The summed E-state index contributed by atoms with van der Waals surface area (Å²) >= 11 is 0. The Morgan fingerprint density at radius 2 is 2.44 bits per heavy atom. The summed E-state index contributed by atoms with van der Waals surface area (Å²) in [7, 11) is 0. The highest BCUT2D eigenvalue weighted by molar-refractivity contribution is 5.61. The average molecular weight is 223 g/mol. The third-order valence-electron chi connectivity index (χ3n) is 2.71. The van der Waals surface area contributed by atoms with Gasteiger partial charge in [0, 0.05) is 19.3 Å². The Hall–Kier alpha value is -1.69. The summed E-state index contributed by atoms with van der Waals surface area (Å²) in [6, 6.07) is 1.62. The molecule has 1 aromatic rings. The van der Waals surface area contributed by atoms with E-state index in [2.05, 4.69) is 4.98 Å². The van der Waals surface area contributed by atoms with Crippen LogP contribution in [0, 0.1) is 10.1 Å². The quantitative estimate of drug-likeness (QED) is 0.596. The van der Waals surface area contributed by atoms with Crippen LogP contribution in [0.25, 0.3) is 0 Å². The van der Waals surface area contributed by atoms with Gasteiger partial charge in [-0.25, -0.2) is 0 Å². The smallest absolute Gasteiger partial charge is 0.310 e. The van der Waals surface area contributed by atoms with Crippen molar-refractivity contribution in [1.29, 1.82) is 0 Å². The molecule has 1 aliphatic rings. The van der Waals surface area contributed by atoms with Gasteiger partial charge in [0.25, 0.3) is 0 Å². The molecule has 0 amide bonds. The van der Waals surface area contributed by atoms with Gasteiger partial charge in [-0.15, -0.1) is 0 Å². The van der Waals surface area contributed by atoms with Crippen LogP contribution in [0.1, 0.15) is 12.8 Å². The maximum absolute atomic E-state index is 10.8. The molecule has 1 aromatic heterocycles. The molecular formula is C10H13N3O3. The average Bonchev–Trinajstić information content (AvgIpc) is 2.29. The highest BCUT2D eigenvalue weighted by atomic mass is 16.6. The number of nitrogens with zero attached hydrogens (tertiary/aromatic N) is 3. The highest BCUT2D eigenvalue weighted by Gasteiger charge is 2.24. The monoisotopic (exact) mass is 223 g/mol. The molecular weight excluding hydrogens is 210 g/mol. The standard InChI is InChI=1S/C10H13N3O3/c14-8-2-1-5-12(7-8)9-3-4-11-6-10(9)13(15)16/h3-4,6,8,14H,1-2,5,7H2/t8-/m0/s1. The van der Waals surface area contributed by atoms with Gasteiger partial charge in [0.15, 0.2) is 0 Å². The van der Waals surface area contributed by atoms with Crippen LogP contribution in [0.4, 0.5) is 11.4 Å². The second-order valence-electron chi connectivity index (χ2n) is 3.86. The van der Waals surface area contributed by atoms with Crippen molar-refractivity contribution >= 4 is 11.4 Å². The SMILES string of the molecule is O=[N+]([O-])c1cnccc1N1CCC[C@H](O)C1. The molecule has 2 heterocycles. The summed E-state index contributed by atoms with van der Waals surface area (Å²) in [5.74, 6) is 0. The van der Waals surface area contributed by atoms with E-state index in [-0.39, 0.29) is 5.69 Å². The Labute approximate surface area is 92.7 Å². The summed E-state index contributed by atoms with van der Waals surface area (Å²) in [6.45, 7) is 1.19. The van der Waals surface area contributed by atoms with E-state index >= 15 is 0 Å². The first-order valence-electron chi connectivity index (χ1n) is 5.20. The Morgan fingerprint density at radius 1 is 1.62 bits per heavy atom. The summed E-state index contributed by atoms with van der Waals surface area (Å²) in [6.07, 6.45) is 3.98. The van der Waals surface area contributed by atoms with Gasteiger partial charge in [-0.1, -0.05) is 0 Å². The van der Waals surface area contributed by atoms with Crippen LogP contribution in [0.5, 0.6) is 0 Å². The van der Waals surface area contributed by atoms with E-state index in [0.29, 0.717) is 12.2 Å². The molecule has 0 radical (unpaired) electrons. The molecule has 16 heavy (non-hydrogen) atoms. The normalized spacial score (nSPS) is 20.8. The van der Waals surface area contributed by atoms with Gasteiger partial charge >= 0.3 is 5.69 Å². The minimum Gasteiger partial charge on any atom is -0.391 e. The van der Waals surface area contributed by atoms with Crippen LogP contribution in [0.15, 0.2) is 18.5 Å². The first-order valence-corrected chi connectivity index (χ1v) is 5.20. The number of rotatable bonds is 2. The molecule has 86 valence electrons. The molecule has 0 saturated carbocycles. The predicted octanol–water partition coefficient (Wildman–Crippen LogP) is 0.951. The molecule has 1 atom stereocenters. The van der Waals surface area contributed by atoms with E-state index < -0.39 is 11.0 Å². The molecule has 1 N–H and O–H groups in total. The topological polar surface area (TPSA) is 79.5 Å². The number of piperidine rings is 1. The van der Waals surface area contributed by atoms with Gasteiger partial charge in [0.05, 0.1) is 11.0 Å². The van der Waals surface area contributed by atoms with Crippen molar-refractivity contribution in [2.45, 2.75) is 18.9 Å². The van der Waals surface area contributed by atoms with E-state index in [1.165, 1.54) is 12.4 Å². The summed E-state index contributed by atoms with van der Waals surface area (Å²) in [4.78, 5) is 16.0. The molecule has 0 bridgehead atoms. The molecule has 6 heteroatoms. The number of aliphatic hydroxyl groups excluding tert-OH is 1. The third kappa shape index (κ3) is 2.11. The molecule has 0 aliphatic carbocycles. The Kier molecular flexibility index (Phi) is 3.00. The predicted molar refractivity (Wildman–Crippen MR) is 58.3 cm³/mol. The van der Waals surface area contributed by atoms with Crippen molar-refractivity contribution in [1.82, 2.24) is 4.98 Å². The molecule has 1 saturated heterocycles. The van der Waals surface area contributed by atoms with Gasteiger partial charge in [0.2, 0.25) is 0 Å². The molecule has 6 nitrogen and oxygen atoms in total. The van der Waals surface area contributed by atoms with Crippen molar-refractivity contribution < 1.29 is 10.0 Å². The van der Waals surface area contributed by atoms with Crippen molar-refractivity contribution in [3.63, 3.8) is 0 Å². The van der Waals surface area contributed by atoms with E-state index in [0.717, 1.165) is 19.4 Å². The molecule has 0 unspecified atom stereocenters. The molecule has 0 aromatic carbocycles. The highest BCUT2D eigenvalue weighted by Crippen LogP contribution is 2.28. The maximum Gasteiger partial charge on any atom is 0.310 e. The van der Waals surface area contributed by atoms with Crippen molar-refractivity contribution in [3.8, 4) is 0 Å². The second-order valence-corrected chi connectivity index (χ2v) is 3.86. The zero-order valence-electron chi connectivity index (χ0n) is 8.74. The summed E-state index contributed by atoms with van der Waals surface area (Å²) in [5, 5.41) is 20.4. The third-order valence-corrected chi connectivity index (χ3v) is 2.71. The summed E-state index contributed by atoms with van der Waals surface area (Å²) in [5.41, 5.74) is 0.537. The summed E-state index contributed by atoms with van der Waals surface area (Å²) < 4.78 is 0.